The van der Waals surface area contributed by atoms with Gasteiger partial charge in [0.15, 0.2) is 0 Å². The topological polar surface area (TPSA) is 48.0 Å². The van der Waals surface area contributed by atoms with Gasteiger partial charge in [-0.25, -0.2) is 0 Å². The molecule has 2 aliphatic heterocycles. The van der Waals surface area contributed by atoms with E-state index in [1.54, 1.807) is 0 Å². The molecule has 20 heavy (non-hydrogen) atoms. The van der Waals surface area contributed by atoms with E-state index in [4.69, 9.17) is 14.2 Å². The number of amides is 1. The van der Waals surface area contributed by atoms with Crippen LogP contribution in [0.1, 0.15) is 32.6 Å². The van der Waals surface area contributed by atoms with Gasteiger partial charge in [-0.3, -0.25) is 4.79 Å². The standard InChI is InChI=1S/C15H27NO4/c1-2-16(10-13-5-8-18-11-13)15(17)6-9-19-12-14-4-3-7-20-14/h13-14H,2-12H2,1H3. The van der Waals surface area contributed by atoms with Crippen LogP contribution >= 0.6 is 0 Å². The lowest BCUT2D eigenvalue weighted by atomic mass is 10.1. The molecular formula is C15H27NO4. The smallest absolute Gasteiger partial charge is 0.224 e. The number of carbonyl (C=O) groups is 1. The highest BCUT2D eigenvalue weighted by Gasteiger charge is 2.21. The predicted molar refractivity (Wildman–Crippen MR) is 75.6 cm³/mol. The third kappa shape index (κ3) is 5.04. The Labute approximate surface area is 121 Å². The normalized spacial score (nSPS) is 26.1. The molecule has 0 N–H and O–H groups in total. The van der Waals surface area contributed by atoms with Gasteiger partial charge in [-0.05, 0) is 26.2 Å². The van der Waals surface area contributed by atoms with E-state index in [-0.39, 0.29) is 12.0 Å². The van der Waals surface area contributed by atoms with Crippen molar-refractivity contribution in [3.8, 4) is 0 Å². The Kier molecular flexibility index (Phi) is 6.76. The van der Waals surface area contributed by atoms with Crippen LogP contribution in [0.2, 0.25) is 0 Å². The molecule has 2 fully saturated rings. The number of hydrogen-bond donors (Lipinski definition) is 0. The first-order valence-corrected chi connectivity index (χ1v) is 7.84. The summed E-state index contributed by atoms with van der Waals surface area (Å²) in [6.07, 6.45) is 3.98. The van der Waals surface area contributed by atoms with Crippen molar-refractivity contribution in [1.82, 2.24) is 4.90 Å². The monoisotopic (exact) mass is 285 g/mol. The van der Waals surface area contributed by atoms with Crippen molar-refractivity contribution < 1.29 is 19.0 Å². The van der Waals surface area contributed by atoms with Gasteiger partial charge in [-0.1, -0.05) is 0 Å². The van der Waals surface area contributed by atoms with Crippen LogP contribution in [0.5, 0.6) is 0 Å². The fourth-order valence-corrected chi connectivity index (χ4v) is 2.75. The molecular weight excluding hydrogens is 258 g/mol. The first-order valence-electron chi connectivity index (χ1n) is 7.84. The highest BCUT2D eigenvalue weighted by atomic mass is 16.5. The van der Waals surface area contributed by atoms with Crippen LogP contribution in [0.4, 0.5) is 0 Å². The Bertz CT molecular complexity index is 286. The van der Waals surface area contributed by atoms with Crippen LogP contribution < -0.4 is 0 Å². The average Bonchev–Trinajstić information content (AvgIpc) is 3.13. The molecule has 2 aliphatic rings. The Morgan fingerprint density at radius 3 is 2.90 bits per heavy atom. The summed E-state index contributed by atoms with van der Waals surface area (Å²) in [7, 11) is 0. The minimum absolute atomic E-state index is 0.187. The minimum atomic E-state index is 0.187. The first-order chi connectivity index (χ1) is 9.79. The van der Waals surface area contributed by atoms with Crippen molar-refractivity contribution in [2.75, 3.05) is 46.1 Å². The van der Waals surface area contributed by atoms with Gasteiger partial charge in [-0.15, -0.1) is 0 Å². The number of ether oxygens (including phenoxy) is 3. The van der Waals surface area contributed by atoms with Gasteiger partial charge in [0.2, 0.25) is 5.91 Å². The number of nitrogens with zero attached hydrogens (tertiary/aromatic N) is 1. The highest BCUT2D eigenvalue weighted by molar-refractivity contribution is 5.76. The molecule has 2 heterocycles. The largest absolute Gasteiger partial charge is 0.381 e. The molecule has 0 radical (unpaired) electrons. The van der Waals surface area contributed by atoms with Gasteiger partial charge >= 0.3 is 0 Å². The summed E-state index contributed by atoms with van der Waals surface area (Å²) in [4.78, 5) is 14.1. The minimum Gasteiger partial charge on any atom is -0.381 e. The highest BCUT2D eigenvalue weighted by Crippen LogP contribution is 2.15. The van der Waals surface area contributed by atoms with Crippen molar-refractivity contribution in [1.29, 1.82) is 0 Å². The van der Waals surface area contributed by atoms with Gasteiger partial charge in [0, 0.05) is 32.2 Å². The third-order valence-electron chi connectivity index (χ3n) is 4.03. The molecule has 0 spiro atoms. The Balaban J connectivity index is 1.58. The molecule has 2 saturated heterocycles. The van der Waals surface area contributed by atoms with E-state index in [1.165, 1.54) is 0 Å². The molecule has 0 aliphatic carbocycles. The molecule has 2 rings (SSSR count). The quantitative estimate of drug-likeness (QED) is 0.633. The maximum atomic E-state index is 12.1. The second-order valence-electron chi connectivity index (χ2n) is 5.62. The lowest BCUT2D eigenvalue weighted by Gasteiger charge is -2.23. The molecule has 0 aromatic heterocycles. The van der Waals surface area contributed by atoms with E-state index in [2.05, 4.69) is 0 Å². The van der Waals surface area contributed by atoms with Crippen LogP contribution in [0.25, 0.3) is 0 Å². The number of rotatable bonds is 8. The van der Waals surface area contributed by atoms with Crippen molar-refractivity contribution in [3.05, 3.63) is 0 Å². The van der Waals surface area contributed by atoms with Gasteiger partial charge in [0.25, 0.3) is 0 Å². The van der Waals surface area contributed by atoms with E-state index in [1.807, 2.05) is 11.8 Å². The molecule has 5 nitrogen and oxygen atoms in total. The summed E-state index contributed by atoms with van der Waals surface area (Å²) in [6, 6.07) is 0. The van der Waals surface area contributed by atoms with Gasteiger partial charge in [-0.2, -0.15) is 0 Å². The Morgan fingerprint density at radius 2 is 2.25 bits per heavy atom. The molecule has 2 atom stereocenters. The maximum Gasteiger partial charge on any atom is 0.224 e. The van der Waals surface area contributed by atoms with Gasteiger partial charge in [0.1, 0.15) is 0 Å². The van der Waals surface area contributed by atoms with Crippen LogP contribution in [-0.4, -0.2) is 63.0 Å². The van der Waals surface area contributed by atoms with E-state index in [0.29, 0.717) is 25.6 Å². The van der Waals surface area contributed by atoms with E-state index in [9.17, 15) is 4.79 Å². The molecule has 0 aromatic rings. The molecule has 0 saturated carbocycles. The zero-order valence-corrected chi connectivity index (χ0v) is 12.5. The third-order valence-corrected chi connectivity index (χ3v) is 4.03. The fourth-order valence-electron chi connectivity index (χ4n) is 2.75. The van der Waals surface area contributed by atoms with Crippen molar-refractivity contribution in [2.24, 2.45) is 5.92 Å². The molecule has 0 aromatic carbocycles. The van der Waals surface area contributed by atoms with Crippen molar-refractivity contribution >= 4 is 5.91 Å². The summed E-state index contributed by atoms with van der Waals surface area (Å²) in [5.41, 5.74) is 0. The zero-order valence-electron chi connectivity index (χ0n) is 12.5. The molecule has 1 amide bonds. The fraction of sp³-hybridized carbons (Fsp3) is 0.933. The summed E-state index contributed by atoms with van der Waals surface area (Å²) >= 11 is 0. The summed E-state index contributed by atoms with van der Waals surface area (Å²) in [6.45, 7) is 7.20. The summed E-state index contributed by atoms with van der Waals surface area (Å²) in [5.74, 6) is 0.693. The SMILES string of the molecule is CCN(CC1CCOC1)C(=O)CCOCC1CCCO1. The van der Waals surface area contributed by atoms with Crippen LogP contribution in [0.3, 0.4) is 0 Å². The second kappa shape index (κ2) is 8.60. The lowest BCUT2D eigenvalue weighted by molar-refractivity contribution is -0.133. The van der Waals surface area contributed by atoms with Crippen LogP contribution in [0.15, 0.2) is 0 Å². The average molecular weight is 285 g/mol. The van der Waals surface area contributed by atoms with Crippen LogP contribution in [0, 0.1) is 5.92 Å². The Morgan fingerprint density at radius 1 is 1.35 bits per heavy atom. The van der Waals surface area contributed by atoms with E-state index < -0.39 is 0 Å². The molecule has 2 unspecified atom stereocenters. The zero-order chi connectivity index (χ0) is 14.2. The van der Waals surface area contributed by atoms with E-state index in [0.717, 1.165) is 52.2 Å². The molecule has 5 heteroatoms. The summed E-state index contributed by atoms with van der Waals surface area (Å²) < 4.78 is 16.4. The second-order valence-corrected chi connectivity index (χ2v) is 5.62. The Hall–Kier alpha value is -0.650. The summed E-state index contributed by atoms with van der Waals surface area (Å²) in [5, 5.41) is 0. The number of hydrogen-bond acceptors (Lipinski definition) is 4. The van der Waals surface area contributed by atoms with Gasteiger partial charge < -0.3 is 19.1 Å². The predicted octanol–water partition coefficient (Wildman–Crippen LogP) is 1.46. The van der Waals surface area contributed by atoms with Crippen molar-refractivity contribution in [3.63, 3.8) is 0 Å². The van der Waals surface area contributed by atoms with E-state index >= 15 is 0 Å². The number of carbonyl (C=O) groups excluding carboxylic acids is 1. The first kappa shape index (κ1) is 15.7. The van der Waals surface area contributed by atoms with Gasteiger partial charge in [0.05, 0.1) is 32.3 Å². The molecule has 116 valence electrons. The lowest BCUT2D eigenvalue weighted by Crippen LogP contribution is -2.36. The molecule has 0 bridgehead atoms. The van der Waals surface area contributed by atoms with Crippen LogP contribution in [-0.2, 0) is 19.0 Å². The van der Waals surface area contributed by atoms with Crippen molar-refractivity contribution in [2.45, 2.75) is 38.7 Å². The maximum absolute atomic E-state index is 12.1.